The molecule has 0 radical (unpaired) electrons. The van der Waals surface area contributed by atoms with Crippen molar-refractivity contribution in [2.24, 2.45) is 0 Å². The average molecular weight is 307 g/mol. The lowest BCUT2D eigenvalue weighted by Gasteiger charge is -2.31. The highest BCUT2D eigenvalue weighted by molar-refractivity contribution is 7.92. The second-order valence-electron chi connectivity index (χ2n) is 4.33. The molecule has 0 spiro atoms. The third kappa shape index (κ3) is 3.32. The van der Waals surface area contributed by atoms with Crippen LogP contribution in [0.5, 0.6) is 0 Å². The third-order valence-corrected chi connectivity index (χ3v) is 4.86. The van der Waals surface area contributed by atoms with Crippen molar-refractivity contribution in [1.29, 1.82) is 0 Å². The van der Waals surface area contributed by atoms with Crippen molar-refractivity contribution in [3.05, 3.63) is 23.8 Å². The summed E-state index contributed by atoms with van der Waals surface area (Å²) >= 11 is 0. The lowest BCUT2D eigenvalue weighted by atomic mass is 10.0. The van der Waals surface area contributed by atoms with Crippen LogP contribution in [0.2, 0.25) is 0 Å². The second kappa shape index (κ2) is 6.45. The number of rotatable bonds is 4. The van der Waals surface area contributed by atoms with Gasteiger partial charge < -0.3 is 10.5 Å². The Kier molecular flexibility index (Phi) is 5.46. The maximum absolute atomic E-state index is 12.2. The quantitative estimate of drug-likeness (QED) is 0.854. The van der Waals surface area contributed by atoms with E-state index in [0.717, 1.165) is 24.1 Å². The molecular weight excluding hydrogens is 288 g/mol. The van der Waals surface area contributed by atoms with E-state index in [1.54, 1.807) is 6.07 Å². The van der Waals surface area contributed by atoms with Crippen molar-refractivity contribution in [3.8, 4) is 0 Å². The molecule has 0 saturated carbocycles. The lowest BCUT2D eigenvalue weighted by molar-refractivity contribution is 0.217. The van der Waals surface area contributed by atoms with Crippen LogP contribution in [0.25, 0.3) is 0 Å². The van der Waals surface area contributed by atoms with Crippen LogP contribution in [0.4, 0.5) is 11.4 Å². The molecule has 0 aromatic heterocycles. The fourth-order valence-corrected chi connectivity index (χ4v) is 3.68. The maximum Gasteiger partial charge on any atom is 0.237 e. The summed E-state index contributed by atoms with van der Waals surface area (Å²) in [7, 11) is -1.83. The minimum atomic E-state index is -3.32. The molecule has 1 aliphatic heterocycles. The zero-order valence-corrected chi connectivity index (χ0v) is 12.5. The van der Waals surface area contributed by atoms with Crippen LogP contribution in [-0.4, -0.2) is 34.4 Å². The molecule has 0 atom stereocenters. The van der Waals surface area contributed by atoms with Crippen molar-refractivity contribution in [3.63, 3.8) is 0 Å². The van der Waals surface area contributed by atoms with E-state index in [0.29, 0.717) is 12.2 Å². The van der Waals surface area contributed by atoms with E-state index < -0.39 is 10.0 Å². The lowest BCUT2D eigenvalue weighted by Crippen LogP contribution is -2.38. The molecule has 2 N–H and O–H groups in total. The molecule has 5 nitrogen and oxygen atoms in total. The number of fused-ring (bicyclic) bond motifs is 1. The molecule has 7 heteroatoms. The molecule has 0 amide bonds. The van der Waals surface area contributed by atoms with Crippen LogP contribution in [0.15, 0.2) is 18.2 Å². The van der Waals surface area contributed by atoms with Crippen molar-refractivity contribution >= 4 is 33.8 Å². The topological polar surface area (TPSA) is 72.6 Å². The molecule has 1 aromatic rings. The van der Waals surface area contributed by atoms with Crippen molar-refractivity contribution < 1.29 is 13.2 Å². The first-order valence-electron chi connectivity index (χ1n) is 5.93. The van der Waals surface area contributed by atoms with E-state index in [-0.39, 0.29) is 24.8 Å². The Morgan fingerprint density at radius 1 is 1.42 bits per heavy atom. The van der Waals surface area contributed by atoms with Crippen molar-refractivity contribution in [2.75, 3.05) is 36.1 Å². The number of methoxy groups -OCH3 is 1. The van der Waals surface area contributed by atoms with E-state index in [4.69, 9.17) is 10.5 Å². The highest BCUT2D eigenvalue weighted by Crippen LogP contribution is 2.32. The van der Waals surface area contributed by atoms with Crippen LogP contribution >= 0.6 is 12.4 Å². The predicted molar refractivity (Wildman–Crippen MR) is 79.4 cm³/mol. The largest absolute Gasteiger partial charge is 0.398 e. The number of hydrogen-bond donors (Lipinski definition) is 1. The van der Waals surface area contributed by atoms with Gasteiger partial charge in [-0.15, -0.1) is 12.4 Å². The Morgan fingerprint density at radius 2 is 2.16 bits per heavy atom. The standard InChI is InChI=1S/C12H18N2O3S.ClH/c1-17-8-9-18(15,16)14-7-3-4-10-11(13)5-2-6-12(10)14;/h2,5-6H,3-4,7-9,13H2,1H3;1H. The Bertz CT molecular complexity index is 534. The summed E-state index contributed by atoms with van der Waals surface area (Å²) in [5.74, 6) is -0.00224. The predicted octanol–water partition coefficient (Wildman–Crippen LogP) is 1.42. The first-order chi connectivity index (χ1) is 8.56. The van der Waals surface area contributed by atoms with Gasteiger partial charge in [-0.2, -0.15) is 0 Å². The first kappa shape index (κ1) is 16.1. The number of anilines is 2. The Balaban J connectivity index is 0.00000180. The number of sulfonamides is 1. The van der Waals surface area contributed by atoms with Crippen LogP contribution in [-0.2, 0) is 21.2 Å². The van der Waals surface area contributed by atoms with Gasteiger partial charge in [-0.3, -0.25) is 4.31 Å². The van der Waals surface area contributed by atoms with Gasteiger partial charge in [0.2, 0.25) is 10.0 Å². The molecule has 2 rings (SSSR count). The fraction of sp³-hybridized carbons (Fsp3) is 0.500. The molecule has 0 bridgehead atoms. The highest BCUT2D eigenvalue weighted by Gasteiger charge is 2.27. The fourth-order valence-electron chi connectivity index (χ4n) is 2.21. The van der Waals surface area contributed by atoms with Gasteiger partial charge >= 0.3 is 0 Å². The zero-order chi connectivity index (χ0) is 13.2. The number of ether oxygens (including phenoxy) is 1. The average Bonchev–Trinajstić information content (AvgIpc) is 2.36. The summed E-state index contributed by atoms with van der Waals surface area (Å²) in [4.78, 5) is 0. The Labute approximate surface area is 120 Å². The van der Waals surface area contributed by atoms with E-state index in [1.807, 2.05) is 12.1 Å². The van der Waals surface area contributed by atoms with Gasteiger partial charge in [0.15, 0.2) is 0 Å². The molecule has 0 aliphatic carbocycles. The number of nitrogens with two attached hydrogens (primary N) is 1. The first-order valence-corrected chi connectivity index (χ1v) is 7.54. The third-order valence-electron chi connectivity index (χ3n) is 3.13. The SMILES string of the molecule is COCCS(=O)(=O)N1CCCc2c(N)cccc21.Cl. The van der Waals surface area contributed by atoms with Gasteiger partial charge in [0.25, 0.3) is 0 Å². The van der Waals surface area contributed by atoms with Gasteiger partial charge in [-0.05, 0) is 30.5 Å². The molecule has 108 valence electrons. The Morgan fingerprint density at radius 3 is 2.84 bits per heavy atom. The molecule has 0 saturated heterocycles. The second-order valence-corrected chi connectivity index (χ2v) is 6.34. The molecule has 1 aromatic carbocycles. The summed E-state index contributed by atoms with van der Waals surface area (Å²) in [6.07, 6.45) is 1.63. The number of nitrogen functional groups attached to an aromatic ring is 1. The summed E-state index contributed by atoms with van der Waals surface area (Å²) in [5, 5.41) is 0. The maximum atomic E-state index is 12.2. The van der Waals surface area contributed by atoms with Crippen LogP contribution < -0.4 is 10.0 Å². The van der Waals surface area contributed by atoms with Crippen molar-refractivity contribution in [2.45, 2.75) is 12.8 Å². The van der Waals surface area contributed by atoms with Gasteiger partial charge in [0.05, 0.1) is 18.0 Å². The van der Waals surface area contributed by atoms with Gasteiger partial charge in [0.1, 0.15) is 0 Å². The smallest absolute Gasteiger partial charge is 0.237 e. The summed E-state index contributed by atoms with van der Waals surface area (Å²) in [6.45, 7) is 0.721. The normalized spacial score (nSPS) is 14.7. The molecule has 1 aliphatic rings. The van der Waals surface area contributed by atoms with E-state index in [9.17, 15) is 8.42 Å². The van der Waals surface area contributed by atoms with Gasteiger partial charge in [0, 0.05) is 19.3 Å². The highest BCUT2D eigenvalue weighted by atomic mass is 35.5. The van der Waals surface area contributed by atoms with Crippen LogP contribution in [0.3, 0.4) is 0 Å². The summed E-state index contributed by atoms with van der Waals surface area (Å²) in [6, 6.07) is 5.41. The molecule has 0 unspecified atom stereocenters. The van der Waals surface area contributed by atoms with Crippen molar-refractivity contribution in [1.82, 2.24) is 0 Å². The summed E-state index contributed by atoms with van der Waals surface area (Å²) in [5.41, 5.74) is 8.22. The zero-order valence-electron chi connectivity index (χ0n) is 10.8. The number of benzene rings is 1. The van der Waals surface area contributed by atoms with E-state index in [1.165, 1.54) is 11.4 Å². The summed E-state index contributed by atoms with van der Waals surface area (Å²) < 4.78 is 30.8. The van der Waals surface area contributed by atoms with Crippen LogP contribution in [0, 0.1) is 0 Å². The van der Waals surface area contributed by atoms with Gasteiger partial charge in [-0.1, -0.05) is 6.07 Å². The number of nitrogens with zero attached hydrogens (tertiary/aromatic N) is 1. The minimum absolute atomic E-state index is 0. The number of halogens is 1. The molecule has 0 fully saturated rings. The number of hydrogen-bond acceptors (Lipinski definition) is 4. The monoisotopic (exact) mass is 306 g/mol. The van der Waals surface area contributed by atoms with Crippen LogP contribution in [0.1, 0.15) is 12.0 Å². The van der Waals surface area contributed by atoms with E-state index >= 15 is 0 Å². The van der Waals surface area contributed by atoms with E-state index in [2.05, 4.69) is 0 Å². The minimum Gasteiger partial charge on any atom is -0.398 e. The van der Waals surface area contributed by atoms with Gasteiger partial charge in [-0.25, -0.2) is 8.42 Å². The molecule has 19 heavy (non-hydrogen) atoms. The molecular formula is C12H19ClN2O3S. The molecule has 1 heterocycles. The Hall–Kier alpha value is -0.980.